The Kier molecular flexibility index (Phi) is 3.63. The van der Waals surface area contributed by atoms with Gasteiger partial charge in [0.2, 0.25) is 5.89 Å². The number of thiophene rings is 1. The molecule has 2 N–H and O–H groups in total. The van der Waals surface area contributed by atoms with Crippen LogP contribution in [0.4, 0.5) is 6.01 Å². The summed E-state index contributed by atoms with van der Waals surface area (Å²) in [5, 5.41) is 15.4. The first-order valence-electron chi connectivity index (χ1n) is 5.84. The van der Waals surface area contributed by atoms with E-state index in [1.54, 1.807) is 11.4 Å². The lowest BCUT2D eigenvalue weighted by molar-refractivity contribution is 0.102. The molecule has 0 bridgehead atoms. The van der Waals surface area contributed by atoms with Crippen LogP contribution < -0.4 is 10.6 Å². The van der Waals surface area contributed by atoms with Crippen LogP contribution in [-0.4, -0.2) is 22.6 Å². The van der Waals surface area contributed by atoms with Gasteiger partial charge in [0, 0.05) is 5.38 Å². The third-order valence-corrected chi connectivity index (χ3v) is 4.35. The highest BCUT2D eigenvalue weighted by atomic mass is 79.9. The van der Waals surface area contributed by atoms with Crippen LogP contribution in [0.15, 0.2) is 19.6 Å². The Morgan fingerprint density at radius 1 is 1.58 bits per heavy atom. The Morgan fingerprint density at radius 2 is 2.47 bits per heavy atom. The minimum absolute atomic E-state index is 0.105. The van der Waals surface area contributed by atoms with E-state index in [2.05, 4.69) is 36.8 Å². The van der Waals surface area contributed by atoms with Crippen molar-refractivity contribution in [2.75, 3.05) is 11.9 Å². The van der Waals surface area contributed by atoms with Crippen LogP contribution in [0.25, 0.3) is 0 Å². The van der Waals surface area contributed by atoms with E-state index < -0.39 is 0 Å². The van der Waals surface area contributed by atoms with Crippen LogP contribution in [0.1, 0.15) is 35.1 Å². The molecule has 0 radical (unpaired) electrons. The van der Waals surface area contributed by atoms with Gasteiger partial charge in [-0.15, -0.1) is 16.4 Å². The number of rotatable bonds is 3. The van der Waals surface area contributed by atoms with Crippen molar-refractivity contribution < 1.29 is 9.21 Å². The zero-order valence-electron chi connectivity index (χ0n) is 9.85. The molecule has 0 aromatic carbocycles. The van der Waals surface area contributed by atoms with E-state index in [-0.39, 0.29) is 18.0 Å². The van der Waals surface area contributed by atoms with Crippen molar-refractivity contribution in [2.24, 2.45) is 0 Å². The summed E-state index contributed by atoms with van der Waals surface area (Å²) >= 11 is 4.76. The van der Waals surface area contributed by atoms with E-state index in [0.29, 0.717) is 11.5 Å². The molecule has 1 saturated heterocycles. The molecular weight excluding hydrogens is 332 g/mol. The topological polar surface area (TPSA) is 80.0 Å². The zero-order valence-corrected chi connectivity index (χ0v) is 12.3. The molecule has 8 heteroatoms. The monoisotopic (exact) mass is 342 g/mol. The second-order valence-corrected chi connectivity index (χ2v) is 6.48. The van der Waals surface area contributed by atoms with E-state index in [0.717, 1.165) is 23.2 Å². The lowest BCUT2D eigenvalue weighted by Crippen LogP contribution is -2.13. The highest BCUT2D eigenvalue weighted by molar-refractivity contribution is 9.11. The summed E-state index contributed by atoms with van der Waals surface area (Å²) in [7, 11) is 0. The van der Waals surface area contributed by atoms with E-state index in [1.165, 1.54) is 11.3 Å². The van der Waals surface area contributed by atoms with Crippen molar-refractivity contribution in [3.05, 3.63) is 26.7 Å². The first-order chi connectivity index (χ1) is 9.22. The maximum absolute atomic E-state index is 11.9. The van der Waals surface area contributed by atoms with Gasteiger partial charge in [-0.3, -0.25) is 10.1 Å². The molecule has 1 atom stereocenters. The molecule has 2 aromatic rings. The fourth-order valence-electron chi connectivity index (χ4n) is 1.92. The highest BCUT2D eigenvalue weighted by Gasteiger charge is 2.22. The number of aromatic nitrogens is 2. The van der Waals surface area contributed by atoms with Crippen LogP contribution in [0.3, 0.4) is 0 Å². The molecule has 0 aliphatic carbocycles. The van der Waals surface area contributed by atoms with Crippen LogP contribution >= 0.6 is 27.3 Å². The van der Waals surface area contributed by atoms with E-state index >= 15 is 0 Å². The summed E-state index contributed by atoms with van der Waals surface area (Å²) in [6.07, 6.45) is 2.07. The number of carbonyl (C=O) groups is 1. The third-order valence-electron chi connectivity index (χ3n) is 2.85. The molecule has 0 saturated carbocycles. The Balaban J connectivity index is 1.68. The molecule has 1 amide bonds. The number of anilines is 1. The number of hydrogen-bond donors (Lipinski definition) is 2. The predicted octanol–water partition coefficient (Wildman–Crippen LogP) is 2.57. The Hall–Kier alpha value is -1.25. The van der Waals surface area contributed by atoms with Gasteiger partial charge in [-0.05, 0) is 41.4 Å². The Morgan fingerprint density at radius 3 is 3.16 bits per heavy atom. The van der Waals surface area contributed by atoms with Crippen LogP contribution in [0, 0.1) is 0 Å². The van der Waals surface area contributed by atoms with Crippen LogP contribution in [0.5, 0.6) is 0 Å². The van der Waals surface area contributed by atoms with Gasteiger partial charge >= 0.3 is 6.01 Å². The number of halogens is 1. The van der Waals surface area contributed by atoms with Crippen molar-refractivity contribution in [1.82, 2.24) is 15.5 Å². The fourth-order valence-corrected chi connectivity index (χ4v) is 3.06. The first-order valence-corrected chi connectivity index (χ1v) is 7.52. The predicted molar refractivity (Wildman–Crippen MR) is 74.2 cm³/mol. The number of hydrogen-bond acceptors (Lipinski definition) is 6. The second-order valence-electron chi connectivity index (χ2n) is 4.19. The lowest BCUT2D eigenvalue weighted by atomic mass is 10.2. The minimum Gasteiger partial charge on any atom is -0.406 e. The molecule has 0 spiro atoms. The largest absolute Gasteiger partial charge is 0.406 e. The third kappa shape index (κ3) is 2.85. The van der Waals surface area contributed by atoms with E-state index in [1.807, 2.05) is 0 Å². The zero-order chi connectivity index (χ0) is 13.2. The van der Waals surface area contributed by atoms with Crippen LogP contribution in [0.2, 0.25) is 0 Å². The second kappa shape index (κ2) is 5.40. The van der Waals surface area contributed by atoms with Crippen molar-refractivity contribution in [1.29, 1.82) is 0 Å². The van der Waals surface area contributed by atoms with Crippen molar-refractivity contribution in [2.45, 2.75) is 18.9 Å². The fraction of sp³-hybridized carbons (Fsp3) is 0.364. The summed E-state index contributed by atoms with van der Waals surface area (Å²) in [6, 6.07) is 1.99. The lowest BCUT2D eigenvalue weighted by Gasteiger charge is -2.02. The maximum atomic E-state index is 11.9. The molecule has 19 heavy (non-hydrogen) atoms. The Bertz CT molecular complexity index is 591. The molecule has 1 fully saturated rings. The van der Waals surface area contributed by atoms with Gasteiger partial charge in [0.15, 0.2) is 0 Å². The maximum Gasteiger partial charge on any atom is 0.322 e. The summed E-state index contributed by atoms with van der Waals surface area (Å²) in [6.45, 7) is 0.956. The number of amides is 1. The SMILES string of the molecule is O=C(Nc1nnc(C2CCCN2)o1)c1csc(Br)c1. The first kappa shape index (κ1) is 12.8. The van der Waals surface area contributed by atoms with Crippen molar-refractivity contribution >= 4 is 39.2 Å². The molecule has 1 aliphatic heterocycles. The summed E-state index contributed by atoms with van der Waals surface area (Å²) < 4.78 is 6.34. The number of nitrogens with one attached hydrogen (secondary N) is 2. The normalized spacial score (nSPS) is 18.7. The molecular formula is C11H11BrN4O2S. The molecule has 1 aliphatic rings. The molecule has 100 valence electrons. The van der Waals surface area contributed by atoms with E-state index in [9.17, 15) is 4.79 Å². The average Bonchev–Trinajstić information content (AvgIpc) is 3.07. The molecule has 6 nitrogen and oxygen atoms in total. The quantitative estimate of drug-likeness (QED) is 0.895. The number of carbonyl (C=O) groups excluding carboxylic acids is 1. The molecule has 3 heterocycles. The number of nitrogens with zero attached hydrogens (tertiary/aromatic N) is 2. The summed E-state index contributed by atoms with van der Waals surface area (Å²) in [4.78, 5) is 11.9. The van der Waals surface area contributed by atoms with Crippen molar-refractivity contribution in [3.8, 4) is 0 Å². The van der Waals surface area contributed by atoms with Gasteiger partial charge in [0.05, 0.1) is 15.4 Å². The summed E-state index contributed by atoms with van der Waals surface area (Å²) in [5.41, 5.74) is 0.565. The highest BCUT2D eigenvalue weighted by Crippen LogP contribution is 2.24. The van der Waals surface area contributed by atoms with Gasteiger partial charge in [-0.2, -0.15) is 0 Å². The van der Waals surface area contributed by atoms with Gasteiger partial charge in [-0.1, -0.05) is 5.10 Å². The molecule has 2 aromatic heterocycles. The van der Waals surface area contributed by atoms with E-state index in [4.69, 9.17) is 4.42 Å². The minimum atomic E-state index is -0.253. The van der Waals surface area contributed by atoms with Crippen LogP contribution in [-0.2, 0) is 0 Å². The summed E-state index contributed by atoms with van der Waals surface area (Å²) in [5.74, 6) is 0.274. The molecule has 1 unspecified atom stereocenters. The molecule has 3 rings (SSSR count). The standard InChI is InChI=1S/C11H11BrN4O2S/c12-8-4-6(5-19-8)9(17)14-11-16-15-10(18-11)7-2-1-3-13-7/h4-5,7,13H,1-3H2,(H,14,16,17). The smallest absolute Gasteiger partial charge is 0.322 e. The Labute approximate surface area is 121 Å². The average molecular weight is 343 g/mol. The van der Waals surface area contributed by atoms with Gasteiger partial charge < -0.3 is 9.73 Å². The van der Waals surface area contributed by atoms with Crippen molar-refractivity contribution in [3.63, 3.8) is 0 Å². The van der Waals surface area contributed by atoms with Gasteiger partial charge in [-0.25, -0.2) is 0 Å². The van der Waals surface area contributed by atoms with Gasteiger partial charge in [0.25, 0.3) is 5.91 Å². The van der Waals surface area contributed by atoms with Gasteiger partial charge in [0.1, 0.15) is 0 Å².